The number of hydrogen-bond donors (Lipinski definition) is 2. The molecule has 1 heterocycles. The van der Waals surface area contributed by atoms with Gasteiger partial charge in [0.15, 0.2) is 0 Å². The van der Waals surface area contributed by atoms with Crippen molar-refractivity contribution in [2.45, 2.75) is 19.3 Å². The minimum atomic E-state index is -0.0545. The number of thiophene rings is 1. The number of carbonyl (C=O) groups is 1. The minimum Gasteiger partial charge on any atom is -0.398 e. The predicted octanol–water partition coefficient (Wildman–Crippen LogP) is 3.83. The van der Waals surface area contributed by atoms with Crippen LogP contribution in [0.25, 0.3) is 0 Å². The topological polar surface area (TPSA) is 55.1 Å². The van der Waals surface area contributed by atoms with Gasteiger partial charge in [-0.1, -0.05) is 0 Å². The summed E-state index contributed by atoms with van der Waals surface area (Å²) in [6.45, 7) is 0. The lowest BCUT2D eigenvalue weighted by atomic mass is 10.2. The summed E-state index contributed by atoms with van der Waals surface area (Å²) in [6.07, 6.45) is 3.43. The van der Waals surface area contributed by atoms with Crippen molar-refractivity contribution in [1.82, 2.24) is 0 Å². The van der Waals surface area contributed by atoms with Crippen LogP contribution in [0.1, 0.15) is 26.5 Å². The molecule has 1 aromatic carbocycles. The molecule has 0 saturated carbocycles. The Morgan fingerprint density at radius 1 is 1.32 bits per heavy atom. The first-order valence-corrected chi connectivity index (χ1v) is 7.72. The molecule has 0 atom stereocenters. The molecule has 3 rings (SSSR count). The molecule has 1 aromatic heterocycles. The van der Waals surface area contributed by atoms with Gasteiger partial charge in [-0.2, -0.15) is 0 Å². The maximum Gasteiger partial charge on any atom is 0.265 e. The highest BCUT2D eigenvalue weighted by molar-refractivity contribution is 9.10. The number of hydrogen-bond acceptors (Lipinski definition) is 3. The molecule has 3 N–H and O–H groups in total. The van der Waals surface area contributed by atoms with Crippen LogP contribution >= 0.6 is 27.3 Å². The van der Waals surface area contributed by atoms with E-state index in [0.29, 0.717) is 5.69 Å². The van der Waals surface area contributed by atoms with Crippen LogP contribution in [-0.4, -0.2) is 5.91 Å². The van der Waals surface area contributed by atoms with E-state index in [4.69, 9.17) is 5.73 Å². The van der Waals surface area contributed by atoms with E-state index in [1.165, 1.54) is 16.9 Å². The Labute approximate surface area is 124 Å². The maximum atomic E-state index is 12.2. The van der Waals surface area contributed by atoms with E-state index in [1.807, 2.05) is 18.2 Å². The molecule has 0 unspecified atom stereocenters. The summed E-state index contributed by atoms with van der Waals surface area (Å²) in [6, 6.07) is 7.44. The summed E-state index contributed by atoms with van der Waals surface area (Å²) in [5, 5.41) is 2.89. The predicted molar refractivity (Wildman–Crippen MR) is 82.9 cm³/mol. The quantitative estimate of drug-likeness (QED) is 0.818. The molecule has 0 saturated heterocycles. The van der Waals surface area contributed by atoms with Gasteiger partial charge in [0.05, 0.1) is 4.88 Å². The number of anilines is 2. The van der Waals surface area contributed by atoms with Gasteiger partial charge in [0, 0.05) is 20.7 Å². The van der Waals surface area contributed by atoms with Gasteiger partial charge in [0.2, 0.25) is 0 Å². The second-order valence-corrected chi connectivity index (χ2v) is 6.59. The third kappa shape index (κ3) is 2.53. The number of nitrogen functional groups attached to an aromatic ring is 1. The number of rotatable bonds is 2. The summed E-state index contributed by atoms with van der Waals surface area (Å²) in [5.41, 5.74) is 8.48. The summed E-state index contributed by atoms with van der Waals surface area (Å²) >= 11 is 4.94. The van der Waals surface area contributed by atoms with Crippen LogP contribution in [0.5, 0.6) is 0 Å². The Morgan fingerprint density at radius 2 is 2.16 bits per heavy atom. The number of fused-ring (bicyclic) bond motifs is 1. The molecular formula is C14H13BrN2OS. The lowest BCUT2D eigenvalue weighted by Gasteiger charge is -2.05. The van der Waals surface area contributed by atoms with Gasteiger partial charge in [0.25, 0.3) is 5.91 Å². The number of benzene rings is 1. The number of nitrogens with one attached hydrogen (secondary N) is 1. The number of carbonyl (C=O) groups excluding carboxylic acids is 1. The Balaban J connectivity index is 1.78. The highest BCUT2D eigenvalue weighted by Crippen LogP contribution is 2.31. The fraction of sp³-hybridized carbons (Fsp3) is 0.214. The minimum absolute atomic E-state index is 0.0545. The van der Waals surface area contributed by atoms with E-state index in [2.05, 4.69) is 21.2 Å². The van der Waals surface area contributed by atoms with E-state index in [9.17, 15) is 4.79 Å². The normalized spacial score (nSPS) is 13.3. The largest absolute Gasteiger partial charge is 0.398 e. The molecule has 1 aliphatic carbocycles. The van der Waals surface area contributed by atoms with Crippen molar-refractivity contribution in [3.05, 3.63) is 44.1 Å². The van der Waals surface area contributed by atoms with Crippen molar-refractivity contribution in [2.24, 2.45) is 0 Å². The fourth-order valence-electron chi connectivity index (χ4n) is 2.26. The Bertz CT molecular complexity index is 629. The maximum absolute atomic E-state index is 12.2. The molecule has 0 bridgehead atoms. The zero-order valence-electron chi connectivity index (χ0n) is 10.2. The molecule has 5 heteroatoms. The van der Waals surface area contributed by atoms with E-state index in [1.54, 1.807) is 17.4 Å². The van der Waals surface area contributed by atoms with Crippen molar-refractivity contribution in [3.8, 4) is 0 Å². The van der Waals surface area contributed by atoms with Crippen LogP contribution < -0.4 is 11.1 Å². The average molecular weight is 337 g/mol. The zero-order valence-corrected chi connectivity index (χ0v) is 12.6. The van der Waals surface area contributed by atoms with Gasteiger partial charge in [0.1, 0.15) is 0 Å². The molecule has 3 nitrogen and oxygen atoms in total. The molecule has 2 aromatic rings. The van der Waals surface area contributed by atoms with E-state index in [-0.39, 0.29) is 5.91 Å². The second-order valence-electron chi connectivity index (χ2n) is 4.60. The van der Waals surface area contributed by atoms with Crippen LogP contribution in [0.3, 0.4) is 0 Å². The van der Waals surface area contributed by atoms with E-state index in [0.717, 1.165) is 27.9 Å². The first kappa shape index (κ1) is 12.7. The van der Waals surface area contributed by atoms with Crippen molar-refractivity contribution in [1.29, 1.82) is 0 Å². The number of aryl methyl sites for hydroxylation is 2. The second kappa shape index (κ2) is 4.98. The molecule has 0 spiro atoms. The van der Waals surface area contributed by atoms with E-state index < -0.39 is 0 Å². The van der Waals surface area contributed by atoms with Crippen molar-refractivity contribution in [3.63, 3.8) is 0 Å². The van der Waals surface area contributed by atoms with Crippen LogP contribution in [0, 0.1) is 0 Å². The molecule has 0 aliphatic heterocycles. The zero-order chi connectivity index (χ0) is 13.4. The molecule has 98 valence electrons. The third-order valence-electron chi connectivity index (χ3n) is 3.22. The van der Waals surface area contributed by atoms with Gasteiger partial charge in [-0.25, -0.2) is 0 Å². The van der Waals surface area contributed by atoms with Gasteiger partial charge in [-0.05, 0) is 65.0 Å². The van der Waals surface area contributed by atoms with Gasteiger partial charge in [-0.3, -0.25) is 4.79 Å². The molecular weight excluding hydrogens is 324 g/mol. The highest BCUT2D eigenvalue weighted by atomic mass is 79.9. The van der Waals surface area contributed by atoms with Crippen LogP contribution in [0.4, 0.5) is 11.4 Å². The summed E-state index contributed by atoms with van der Waals surface area (Å²) in [7, 11) is 0. The summed E-state index contributed by atoms with van der Waals surface area (Å²) in [5.74, 6) is -0.0545. The highest BCUT2D eigenvalue weighted by Gasteiger charge is 2.18. The van der Waals surface area contributed by atoms with Gasteiger partial charge in [-0.15, -0.1) is 11.3 Å². The summed E-state index contributed by atoms with van der Waals surface area (Å²) < 4.78 is 0.834. The van der Waals surface area contributed by atoms with Gasteiger partial charge >= 0.3 is 0 Å². The SMILES string of the molecule is Nc1cc(NC(=O)c2cc3c(s2)CCC3)ccc1Br. The molecule has 1 amide bonds. The third-order valence-corrected chi connectivity index (χ3v) is 5.18. The van der Waals surface area contributed by atoms with Crippen LogP contribution in [0.15, 0.2) is 28.7 Å². The molecule has 0 fully saturated rings. The Hall–Kier alpha value is -1.33. The molecule has 0 radical (unpaired) electrons. The lowest BCUT2D eigenvalue weighted by molar-refractivity contribution is 0.103. The van der Waals surface area contributed by atoms with E-state index >= 15 is 0 Å². The number of amides is 1. The number of nitrogens with two attached hydrogens (primary N) is 1. The van der Waals surface area contributed by atoms with Crippen molar-refractivity contribution in [2.75, 3.05) is 11.1 Å². The smallest absolute Gasteiger partial charge is 0.265 e. The van der Waals surface area contributed by atoms with Gasteiger partial charge < -0.3 is 11.1 Å². The van der Waals surface area contributed by atoms with Crippen molar-refractivity contribution >= 4 is 44.5 Å². The first-order chi connectivity index (χ1) is 9.13. The van der Waals surface area contributed by atoms with Crippen LogP contribution in [0.2, 0.25) is 0 Å². The standard InChI is InChI=1S/C14H13BrN2OS/c15-10-5-4-9(7-11(10)16)17-14(18)13-6-8-2-1-3-12(8)19-13/h4-7H,1-3,16H2,(H,17,18). The summed E-state index contributed by atoms with van der Waals surface area (Å²) in [4.78, 5) is 14.3. The Morgan fingerprint density at radius 3 is 2.89 bits per heavy atom. The fourth-order valence-corrected chi connectivity index (χ4v) is 3.65. The monoisotopic (exact) mass is 336 g/mol. The molecule has 19 heavy (non-hydrogen) atoms. The van der Waals surface area contributed by atoms with Crippen LogP contribution in [-0.2, 0) is 12.8 Å². The lowest BCUT2D eigenvalue weighted by Crippen LogP contribution is -2.10. The first-order valence-electron chi connectivity index (χ1n) is 6.11. The molecule has 1 aliphatic rings. The average Bonchev–Trinajstić information content (AvgIpc) is 2.94. The number of halogens is 1. The van der Waals surface area contributed by atoms with Crippen molar-refractivity contribution < 1.29 is 4.79 Å². The Kier molecular flexibility index (Phi) is 3.33.